The molecule has 3 aromatic carbocycles. The maximum Gasteiger partial charge on any atom is 0.237 e. The van der Waals surface area contributed by atoms with Crippen molar-refractivity contribution in [1.29, 1.82) is 0 Å². The number of rotatable bonds is 4. The highest BCUT2D eigenvalue weighted by Crippen LogP contribution is 2.09. The van der Waals surface area contributed by atoms with Crippen LogP contribution in [0, 0.1) is 0 Å². The van der Waals surface area contributed by atoms with Gasteiger partial charge < -0.3 is 21.3 Å². The first-order chi connectivity index (χ1) is 16.7. The van der Waals surface area contributed by atoms with Gasteiger partial charge in [0.25, 0.3) is 0 Å². The molecule has 4 N–H and O–H groups in total. The van der Waals surface area contributed by atoms with Crippen LogP contribution in [0.2, 0.25) is 0 Å². The van der Waals surface area contributed by atoms with Crippen LogP contribution in [0.5, 0.6) is 0 Å². The second kappa shape index (κ2) is 12.1. The van der Waals surface area contributed by atoms with Gasteiger partial charge >= 0.3 is 0 Å². The molecule has 0 spiro atoms. The molecule has 0 radical (unpaired) electrons. The zero-order valence-corrected chi connectivity index (χ0v) is 19.3. The van der Waals surface area contributed by atoms with Crippen LogP contribution in [0.25, 0.3) is 0 Å². The van der Waals surface area contributed by atoms with Crippen molar-refractivity contribution < 1.29 is 9.59 Å². The summed E-state index contributed by atoms with van der Waals surface area (Å²) in [6, 6.07) is 27.6. The van der Waals surface area contributed by atoms with E-state index in [0.29, 0.717) is 39.0 Å². The lowest BCUT2D eigenvalue weighted by Crippen LogP contribution is -2.49. The van der Waals surface area contributed by atoms with Gasteiger partial charge in [-0.3, -0.25) is 9.59 Å². The molecule has 0 unspecified atom stereocenters. The molecule has 2 amide bonds. The van der Waals surface area contributed by atoms with Crippen LogP contribution in [0.4, 0.5) is 0 Å². The fraction of sp³-hybridized carbons (Fsp3) is 0.286. The summed E-state index contributed by atoms with van der Waals surface area (Å²) in [7, 11) is 0. The smallest absolute Gasteiger partial charge is 0.237 e. The number of benzene rings is 3. The Labute approximate surface area is 201 Å². The van der Waals surface area contributed by atoms with E-state index in [1.54, 1.807) is 0 Å². The van der Waals surface area contributed by atoms with Crippen LogP contribution >= 0.6 is 0 Å². The number of hydrogen-bond acceptors (Lipinski definition) is 4. The molecular weight excluding hydrogens is 424 g/mol. The summed E-state index contributed by atoms with van der Waals surface area (Å²) in [5, 5.41) is 12.8. The molecule has 3 aromatic rings. The molecule has 6 nitrogen and oxygen atoms in total. The van der Waals surface area contributed by atoms with Crippen LogP contribution in [-0.4, -0.2) is 37.0 Å². The van der Waals surface area contributed by atoms with Crippen LogP contribution in [0.1, 0.15) is 22.3 Å². The average Bonchev–Trinajstić information content (AvgIpc) is 2.88. The summed E-state index contributed by atoms with van der Waals surface area (Å²) in [4.78, 5) is 25.9. The van der Waals surface area contributed by atoms with Crippen LogP contribution in [0.3, 0.4) is 0 Å². The molecule has 176 valence electrons. The van der Waals surface area contributed by atoms with Gasteiger partial charge in [0, 0.05) is 26.2 Å². The van der Waals surface area contributed by atoms with E-state index >= 15 is 0 Å². The lowest BCUT2D eigenvalue weighted by Gasteiger charge is -2.21. The van der Waals surface area contributed by atoms with Crippen molar-refractivity contribution in [3.05, 3.63) is 107 Å². The van der Waals surface area contributed by atoms with E-state index < -0.39 is 0 Å². The zero-order chi connectivity index (χ0) is 23.6. The van der Waals surface area contributed by atoms with Crippen LogP contribution in [0.15, 0.2) is 84.9 Å². The van der Waals surface area contributed by atoms with Gasteiger partial charge in [0.15, 0.2) is 0 Å². The molecule has 0 saturated heterocycles. The third kappa shape index (κ3) is 7.01. The molecule has 6 heteroatoms. The Kier molecular flexibility index (Phi) is 8.43. The third-order valence-electron chi connectivity index (χ3n) is 6.05. The van der Waals surface area contributed by atoms with Gasteiger partial charge in [-0.05, 0) is 35.1 Å². The Hall–Kier alpha value is -3.48. The first-order valence-electron chi connectivity index (χ1n) is 11.9. The van der Waals surface area contributed by atoms with Gasteiger partial charge in [0.1, 0.15) is 0 Å². The predicted molar refractivity (Wildman–Crippen MR) is 134 cm³/mol. The van der Waals surface area contributed by atoms with Crippen LogP contribution < -0.4 is 21.3 Å². The first kappa shape index (κ1) is 23.7. The molecule has 2 heterocycles. The molecule has 0 saturated carbocycles. The molecule has 0 fully saturated rings. The van der Waals surface area contributed by atoms with E-state index in [0.717, 1.165) is 22.3 Å². The summed E-state index contributed by atoms with van der Waals surface area (Å²) < 4.78 is 0. The maximum absolute atomic E-state index is 13.0. The van der Waals surface area contributed by atoms with Crippen molar-refractivity contribution in [1.82, 2.24) is 21.3 Å². The van der Waals surface area contributed by atoms with Gasteiger partial charge in [-0.1, -0.05) is 84.9 Å². The SMILES string of the molecule is O=C1NCCNC(=O)[C@H](Cc2ccccc2)NCc2ccc(cc2)CN[C@H]1Cc1ccccc1. The summed E-state index contributed by atoms with van der Waals surface area (Å²) >= 11 is 0. The highest BCUT2D eigenvalue weighted by molar-refractivity contribution is 5.83. The molecular formula is C28H32N4O2. The minimum absolute atomic E-state index is 0.0687. The number of fused-ring (bicyclic) bond motifs is 13. The van der Waals surface area contributed by atoms with Crippen LogP contribution in [-0.2, 0) is 35.5 Å². The minimum Gasteiger partial charge on any atom is -0.353 e. The van der Waals surface area contributed by atoms with Gasteiger partial charge in [-0.2, -0.15) is 0 Å². The molecule has 0 aliphatic carbocycles. The van der Waals surface area contributed by atoms with Gasteiger partial charge in [0.2, 0.25) is 11.8 Å². The third-order valence-corrected chi connectivity index (χ3v) is 6.05. The van der Waals surface area contributed by atoms with Crippen molar-refractivity contribution in [3.8, 4) is 0 Å². The number of hydrogen-bond donors (Lipinski definition) is 4. The van der Waals surface area contributed by atoms with Crippen molar-refractivity contribution in [2.45, 2.75) is 38.0 Å². The summed E-state index contributed by atoms with van der Waals surface area (Å²) in [6.45, 7) is 1.96. The number of nitrogens with one attached hydrogen (secondary N) is 4. The van der Waals surface area contributed by atoms with E-state index in [9.17, 15) is 9.59 Å². The van der Waals surface area contributed by atoms with E-state index in [4.69, 9.17) is 0 Å². The Morgan fingerprint density at radius 2 is 0.941 bits per heavy atom. The quantitative estimate of drug-likeness (QED) is 0.454. The fourth-order valence-electron chi connectivity index (χ4n) is 4.09. The Morgan fingerprint density at radius 1 is 0.559 bits per heavy atom. The molecule has 34 heavy (non-hydrogen) atoms. The summed E-state index contributed by atoms with van der Waals surface area (Å²) in [5.74, 6) is -0.137. The zero-order valence-electron chi connectivity index (χ0n) is 19.3. The Bertz CT molecular complexity index is 968. The largest absolute Gasteiger partial charge is 0.353 e. The lowest BCUT2D eigenvalue weighted by molar-refractivity contribution is -0.125. The molecule has 2 aliphatic heterocycles. The monoisotopic (exact) mass is 456 g/mol. The topological polar surface area (TPSA) is 82.3 Å². The van der Waals surface area contributed by atoms with Crippen molar-refractivity contribution in [2.75, 3.05) is 13.1 Å². The van der Waals surface area contributed by atoms with Crippen molar-refractivity contribution >= 4 is 11.8 Å². The van der Waals surface area contributed by atoms with E-state index in [-0.39, 0.29) is 23.9 Å². The fourth-order valence-corrected chi connectivity index (χ4v) is 4.09. The normalized spacial score (nSPS) is 19.9. The highest BCUT2D eigenvalue weighted by atomic mass is 16.2. The van der Waals surface area contributed by atoms with Gasteiger partial charge in [-0.25, -0.2) is 0 Å². The highest BCUT2D eigenvalue weighted by Gasteiger charge is 2.21. The molecule has 0 aromatic heterocycles. The average molecular weight is 457 g/mol. The molecule has 5 rings (SSSR count). The summed E-state index contributed by atoms with van der Waals surface area (Å²) in [5.41, 5.74) is 4.42. The van der Waals surface area contributed by atoms with Gasteiger partial charge in [0.05, 0.1) is 12.1 Å². The molecule has 2 atom stereocenters. The predicted octanol–water partition coefficient (Wildman–Crippen LogP) is 2.33. The van der Waals surface area contributed by atoms with Crippen molar-refractivity contribution in [2.24, 2.45) is 0 Å². The molecule has 2 bridgehead atoms. The number of amides is 2. The Morgan fingerprint density at radius 3 is 1.32 bits per heavy atom. The molecule has 2 aliphatic rings. The first-order valence-corrected chi connectivity index (χ1v) is 11.9. The van der Waals surface area contributed by atoms with Crippen molar-refractivity contribution in [3.63, 3.8) is 0 Å². The standard InChI is InChI=1S/C28H32N4O2/c33-27-25(17-21-7-3-1-4-8-21)31-19-23-11-13-24(14-12-23)20-32-26(28(34)30-16-15-29-27)18-22-9-5-2-6-10-22/h1-14,25-26,31-32H,15-20H2,(H,29,33)(H,30,34)/t25-,26-/m0/s1. The van der Waals surface area contributed by atoms with E-state index in [1.165, 1.54) is 0 Å². The number of carbonyl (C=O) groups is 2. The summed E-state index contributed by atoms with van der Waals surface area (Å²) in [6.07, 6.45) is 1.19. The number of carbonyl (C=O) groups excluding carboxylic acids is 2. The Balaban J connectivity index is 1.48. The minimum atomic E-state index is -0.363. The second-order valence-electron chi connectivity index (χ2n) is 8.64. The van der Waals surface area contributed by atoms with E-state index in [1.807, 2.05) is 60.7 Å². The van der Waals surface area contributed by atoms with Gasteiger partial charge in [-0.15, -0.1) is 0 Å². The lowest BCUT2D eigenvalue weighted by atomic mass is 10.0. The maximum atomic E-state index is 13.0. The second-order valence-corrected chi connectivity index (χ2v) is 8.64. The van der Waals surface area contributed by atoms with E-state index in [2.05, 4.69) is 45.5 Å².